The maximum Gasteiger partial charge on any atom is 0.254 e. The molecule has 1 atom stereocenters. The number of H-pyrrole nitrogens is 1. The Balaban J connectivity index is 1.35. The number of ether oxygens (including phenoxy) is 1. The molecule has 0 bridgehead atoms. The molecule has 1 saturated heterocycles. The van der Waals surface area contributed by atoms with Gasteiger partial charge in [-0.3, -0.25) is 4.79 Å². The Bertz CT molecular complexity index is 958. The normalized spacial score (nSPS) is 19.5. The number of piperidine rings is 1. The summed E-state index contributed by atoms with van der Waals surface area (Å²) in [7, 11) is 0. The summed E-state index contributed by atoms with van der Waals surface area (Å²) in [5, 5.41) is 3.40. The molecule has 138 valence electrons. The van der Waals surface area contributed by atoms with Crippen molar-refractivity contribution in [1.29, 1.82) is 0 Å². The summed E-state index contributed by atoms with van der Waals surface area (Å²) in [4.78, 5) is 22.7. The highest BCUT2D eigenvalue weighted by Crippen LogP contribution is 2.33. The third kappa shape index (κ3) is 2.96. The number of para-hydroxylation sites is 2. The maximum atomic E-state index is 12.9. The van der Waals surface area contributed by atoms with Gasteiger partial charge < -0.3 is 19.9 Å². The molecular formula is C21H22N4O2. The zero-order valence-corrected chi connectivity index (χ0v) is 15.1. The molecule has 3 aromatic rings. The summed E-state index contributed by atoms with van der Waals surface area (Å²) < 4.78 is 6.06. The lowest BCUT2D eigenvalue weighted by Crippen LogP contribution is -2.46. The lowest BCUT2D eigenvalue weighted by molar-refractivity contribution is 0.0674. The van der Waals surface area contributed by atoms with E-state index in [0.29, 0.717) is 13.2 Å². The van der Waals surface area contributed by atoms with Crippen LogP contribution >= 0.6 is 0 Å². The van der Waals surface area contributed by atoms with Crippen molar-refractivity contribution in [3.05, 3.63) is 59.4 Å². The first-order chi connectivity index (χ1) is 13.3. The minimum atomic E-state index is 0.118. The van der Waals surface area contributed by atoms with E-state index in [1.54, 1.807) is 0 Å². The fourth-order valence-electron chi connectivity index (χ4n) is 4.08. The van der Waals surface area contributed by atoms with E-state index in [2.05, 4.69) is 15.3 Å². The third-order valence-corrected chi connectivity index (χ3v) is 5.47. The fraction of sp³-hybridized carbons (Fsp3) is 0.333. The van der Waals surface area contributed by atoms with Crippen molar-refractivity contribution in [2.45, 2.75) is 32.0 Å². The predicted octanol–water partition coefficient (Wildman–Crippen LogP) is 2.85. The van der Waals surface area contributed by atoms with Gasteiger partial charge >= 0.3 is 0 Å². The number of nitrogens with zero attached hydrogens (tertiary/aromatic N) is 2. The average molecular weight is 362 g/mol. The van der Waals surface area contributed by atoms with Gasteiger partial charge in [-0.15, -0.1) is 0 Å². The lowest BCUT2D eigenvalue weighted by atomic mass is 10.1. The van der Waals surface area contributed by atoms with Crippen LogP contribution in [0, 0.1) is 0 Å². The Hall–Kier alpha value is -2.86. The number of carbonyl (C=O) groups excluding carboxylic acids is 1. The predicted molar refractivity (Wildman–Crippen MR) is 103 cm³/mol. The van der Waals surface area contributed by atoms with E-state index >= 15 is 0 Å². The molecule has 2 aliphatic heterocycles. The van der Waals surface area contributed by atoms with Gasteiger partial charge in [0.05, 0.1) is 17.6 Å². The summed E-state index contributed by atoms with van der Waals surface area (Å²) in [6.07, 6.45) is 2.17. The SMILES string of the molecule is O=C1c2cccc(OCc3nc4ccccc4[nH]3)c2CN1C1CCCNC1. The van der Waals surface area contributed by atoms with Gasteiger partial charge in [-0.25, -0.2) is 4.98 Å². The zero-order valence-electron chi connectivity index (χ0n) is 15.1. The molecule has 1 unspecified atom stereocenters. The Labute approximate surface area is 157 Å². The molecule has 2 aliphatic rings. The van der Waals surface area contributed by atoms with E-state index < -0.39 is 0 Å². The highest BCUT2D eigenvalue weighted by atomic mass is 16.5. The number of aromatic nitrogens is 2. The second kappa shape index (κ2) is 6.70. The van der Waals surface area contributed by atoms with Gasteiger partial charge in [-0.05, 0) is 43.7 Å². The first kappa shape index (κ1) is 16.3. The van der Waals surface area contributed by atoms with E-state index in [0.717, 1.165) is 59.7 Å². The molecule has 6 nitrogen and oxygen atoms in total. The maximum absolute atomic E-state index is 12.9. The molecule has 27 heavy (non-hydrogen) atoms. The molecule has 0 radical (unpaired) electrons. The summed E-state index contributed by atoms with van der Waals surface area (Å²) in [5.41, 5.74) is 3.69. The summed E-state index contributed by atoms with van der Waals surface area (Å²) in [5.74, 6) is 1.67. The standard InChI is InChI=1S/C21H22N4O2/c26-21-15-6-3-9-19(16(15)12-25(21)14-5-4-10-22-11-14)27-13-20-23-17-7-1-2-8-18(17)24-20/h1-3,6-9,14,22H,4-5,10-13H2,(H,23,24). The molecule has 2 N–H and O–H groups in total. The van der Waals surface area contributed by atoms with Gasteiger partial charge in [0.25, 0.3) is 5.91 Å². The molecular weight excluding hydrogens is 340 g/mol. The Morgan fingerprint density at radius 3 is 2.96 bits per heavy atom. The van der Waals surface area contributed by atoms with Crippen LogP contribution in [0.5, 0.6) is 5.75 Å². The number of benzene rings is 2. The van der Waals surface area contributed by atoms with Gasteiger partial charge in [0.1, 0.15) is 18.2 Å². The van der Waals surface area contributed by atoms with Crippen LogP contribution in [0.15, 0.2) is 42.5 Å². The number of nitrogens with one attached hydrogen (secondary N) is 2. The van der Waals surface area contributed by atoms with Crippen LogP contribution in [0.4, 0.5) is 0 Å². The monoisotopic (exact) mass is 362 g/mol. The van der Waals surface area contributed by atoms with Gasteiger partial charge in [0, 0.05) is 23.7 Å². The van der Waals surface area contributed by atoms with Crippen molar-refractivity contribution in [3.8, 4) is 5.75 Å². The number of hydrogen-bond acceptors (Lipinski definition) is 4. The van der Waals surface area contributed by atoms with Crippen LogP contribution < -0.4 is 10.1 Å². The zero-order chi connectivity index (χ0) is 18.2. The van der Waals surface area contributed by atoms with Crippen LogP contribution in [0.25, 0.3) is 11.0 Å². The third-order valence-electron chi connectivity index (χ3n) is 5.47. The van der Waals surface area contributed by atoms with Crippen LogP contribution in [-0.2, 0) is 13.2 Å². The number of aromatic amines is 1. The number of carbonyl (C=O) groups is 1. The number of imidazole rings is 1. The number of hydrogen-bond donors (Lipinski definition) is 2. The molecule has 0 aliphatic carbocycles. The van der Waals surface area contributed by atoms with Gasteiger partial charge in [0.2, 0.25) is 0 Å². The number of amides is 1. The van der Waals surface area contributed by atoms with Crippen LogP contribution in [0.1, 0.15) is 34.6 Å². The van der Waals surface area contributed by atoms with Crippen molar-refractivity contribution < 1.29 is 9.53 Å². The fourth-order valence-corrected chi connectivity index (χ4v) is 4.08. The van der Waals surface area contributed by atoms with Crippen molar-refractivity contribution >= 4 is 16.9 Å². The number of fused-ring (bicyclic) bond motifs is 2. The Kier molecular flexibility index (Phi) is 4.05. The minimum Gasteiger partial charge on any atom is -0.485 e. The first-order valence-electron chi connectivity index (χ1n) is 9.49. The first-order valence-corrected chi connectivity index (χ1v) is 9.49. The molecule has 0 saturated carbocycles. The molecule has 1 aromatic heterocycles. The topological polar surface area (TPSA) is 70.2 Å². The summed E-state index contributed by atoms with van der Waals surface area (Å²) in [6, 6.07) is 13.9. The second-order valence-electron chi connectivity index (χ2n) is 7.20. The Morgan fingerprint density at radius 1 is 1.19 bits per heavy atom. The van der Waals surface area contributed by atoms with Crippen molar-refractivity contribution in [2.75, 3.05) is 13.1 Å². The van der Waals surface area contributed by atoms with Gasteiger partial charge in [-0.2, -0.15) is 0 Å². The summed E-state index contributed by atoms with van der Waals surface area (Å²) in [6.45, 7) is 2.88. The van der Waals surface area contributed by atoms with Crippen LogP contribution in [-0.4, -0.2) is 39.9 Å². The molecule has 1 amide bonds. The van der Waals surface area contributed by atoms with Gasteiger partial charge in [0.15, 0.2) is 0 Å². The van der Waals surface area contributed by atoms with E-state index in [-0.39, 0.29) is 11.9 Å². The van der Waals surface area contributed by atoms with E-state index in [1.807, 2.05) is 47.4 Å². The van der Waals surface area contributed by atoms with Crippen molar-refractivity contribution in [2.24, 2.45) is 0 Å². The number of rotatable bonds is 4. The highest BCUT2D eigenvalue weighted by Gasteiger charge is 2.35. The van der Waals surface area contributed by atoms with Crippen molar-refractivity contribution in [3.63, 3.8) is 0 Å². The minimum absolute atomic E-state index is 0.118. The molecule has 5 rings (SSSR count). The lowest BCUT2D eigenvalue weighted by Gasteiger charge is -2.31. The average Bonchev–Trinajstić information content (AvgIpc) is 3.28. The van der Waals surface area contributed by atoms with Crippen LogP contribution in [0.3, 0.4) is 0 Å². The van der Waals surface area contributed by atoms with E-state index in [1.165, 1.54) is 0 Å². The quantitative estimate of drug-likeness (QED) is 0.749. The molecule has 2 aromatic carbocycles. The molecule has 6 heteroatoms. The summed E-state index contributed by atoms with van der Waals surface area (Å²) >= 11 is 0. The van der Waals surface area contributed by atoms with E-state index in [9.17, 15) is 4.79 Å². The van der Waals surface area contributed by atoms with Crippen LogP contribution in [0.2, 0.25) is 0 Å². The molecule has 3 heterocycles. The largest absolute Gasteiger partial charge is 0.485 e. The smallest absolute Gasteiger partial charge is 0.254 e. The second-order valence-corrected chi connectivity index (χ2v) is 7.20. The van der Waals surface area contributed by atoms with Gasteiger partial charge in [-0.1, -0.05) is 18.2 Å². The highest BCUT2D eigenvalue weighted by molar-refractivity contribution is 5.99. The molecule has 0 spiro atoms. The molecule has 1 fully saturated rings. The van der Waals surface area contributed by atoms with E-state index in [4.69, 9.17) is 4.74 Å². The van der Waals surface area contributed by atoms with Crippen molar-refractivity contribution in [1.82, 2.24) is 20.2 Å². The Morgan fingerprint density at radius 2 is 2.11 bits per heavy atom.